The summed E-state index contributed by atoms with van der Waals surface area (Å²) in [4.78, 5) is 13.7. The van der Waals surface area contributed by atoms with E-state index in [0.717, 1.165) is 5.69 Å². The van der Waals surface area contributed by atoms with Crippen LogP contribution in [0.5, 0.6) is 0 Å². The molecule has 0 atom stereocenters. The van der Waals surface area contributed by atoms with E-state index in [4.69, 9.17) is 11.6 Å². The lowest BCUT2D eigenvalue weighted by Gasteiger charge is -1.93. The summed E-state index contributed by atoms with van der Waals surface area (Å²) in [5, 5.41) is 10.5. The molecule has 1 heterocycles. The summed E-state index contributed by atoms with van der Waals surface area (Å²) in [6.07, 6.45) is 1.79. The van der Waals surface area contributed by atoms with E-state index in [9.17, 15) is 10.1 Å². The molecule has 0 saturated carbocycles. The van der Waals surface area contributed by atoms with Gasteiger partial charge in [0.2, 0.25) is 0 Å². The van der Waals surface area contributed by atoms with Crippen molar-refractivity contribution in [3.8, 4) is 0 Å². The Morgan fingerprint density at radius 1 is 1.33 bits per heavy atom. The Morgan fingerprint density at radius 3 is 2.44 bits per heavy atom. The molecule has 0 bridgehead atoms. The van der Waals surface area contributed by atoms with Gasteiger partial charge in [-0.2, -0.15) is 0 Å². The molecule has 0 N–H and O–H groups in total. The molecule has 18 heavy (non-hydrogen) atoms. The van der Waals surface area contributed by atoms with Crippen molar-refractivity contribution in [2.24, 2.45) is 0 Å². The number of nitro groups is 1. The van der Waals surface area contributed by atoms with Crippen molar-refractivity contribution in [1.82, 2.24) is 4.98 Å². The Balaban J connectivity index is 0.000000199. The van der Waals surface area contributed by atoms with Crippen LogP contribution < -0.4 is 0 Å². The minimum absolute atomic E-state index is 0.00167. The minimum atomic E-state index is -0.488. The lowest BCUT2D eigenvalue weighted by atomic mass is 10.3. The molecule has 0 aliphatic rings. The van der Waals surface area contributed by atoms with Crippen molar-refractivity contribution in [1.29, 1.82) is 0 Å². The fourth-order valence-electron chi connectivity index (χ4n) is 1.05. The summed E-state index contributed by atoms with van der Waals surface area (Å²) >= 11 is 8.73. The van der Waals surface area contributed by atoms with Crippen LogP contribution in [0, 0.1) is 17.0 Å². The number of benzene rings is 1. The van der Waals surface area contributed by atoms with Gasteiger partial charge < -0.3 is 0 Å². The van der Waals surface area contributed by atoms with Crippen LogP contribution in [0.2, 0.25) is 5.02 Å². The average Bonchev–Trinajstić information content (AvgIpc) is 2.34. The third-order valence-corrected chi connectivity index (χ3v) is 3.16. The summed E-state index contributed by atoms with van der Waals surface area (Å²) in [5.41, 5.74) is 1.07. The lowest BCUT2D eigenvalue weighted by molar-refractivity contribution is -0.384. The van der Waals surface area contributed by atoms with Gasteiger partial charge in [-0.05, 0) is 41.1 Å². The molecule has 0 amide bonds. The molecule has 2 aromatic rings. The van der Waals surface area contributed by atoms with Crippen molar-refractivity contribution in [3.63, 3.8) is 0 Å². The first-order valence-electron chi connectivity index (χ1n) is 4.98. The first-order valence-corrected chi connectivity index (χ1v) is 6.15. The van der Waals surface area contributed by atoms with Gasteiger partial charge in [0.1, 0.15) is 0 Å². The van der Waals surface area contributed by atoms with E-state index < -0.39 is 4.92 Å². The summed E-state index contributed by atoms with van der Waals surface area (Å²) in [6.45, 7) is 1.97. The molecule has 1 aromatic heterocycles. The van der Waals surface area contributed by atoms with Crippen molar-refractivity contribution in [2.75, 3.05) is 0 Å². The van der Waals surface area contributed by atoms with E-state index in [2.05, 4.69) is 20.9 Å². The predicted molar refractivity (Wildman–Crippen MR) is 74.8 cm³/mol. The Kier molecular flexibility index (Phi) is 5.74. The van der Waals surface area contributed by atoms with Gasteiger partial charge in [-0.15, -0.1) is 0 Å². The zero-order chi connectivity index (χ0) is 13.5. The van der Waals surface area contributed by atoms with E-state index >= 15 is 0 Å². The van der Waals surface area contributed by atoms with Crippen LogP contribution in [-0.4, -0.2) is 9.91 Å². The largest absolute Gasteiger partial charge is 0.270 e. The van der Waals surface area contributed by atoms with Crippen molar-refractivity contribution in [3.05, 3.63) is 67.9 Å². The molecule has 0 radical (unpaired) electrons. The normalized spacial score (nSPS) is 9.28. The Morgan fingerprint density at radius 2 is 2.06 bits per heavy atom. The minimum Gasteiger partial charge on any atom is -0.262 e. The van der Waals surface area contributed by atoms with Crippen LogP contribution in [0.25, 0.3) is 0 Å². The molecule has 94 valence electrons. The van der Waals surface area contributed by atoms with Crippen LogP contribution in [0.3, 0.4) is 0 Å². The Hall–Kier alpha value is -1.46. The quantitative estimate of drug-likeness (QED) is 0.575. The molecule has 6 heteroatoms. The Labute approximate surface area is 118 Å². The van der Waals surface area contributed by atoms with E-state index in [0.29, 0.717) is 9.50 Å². The zero-order valence-electron chi connectivity index (χ0n) is 9.51. The number of rotatable bonds is 1. The number of pyridine rings is 1. The lowest BCUT2D eigenvalue weighted by Crippen LogP contribution is -1.86. The van der Waals surface area contributed by atoms with Gasteiger partial charge >= 0.3 is 0 Å². The van der Waals surface area contributed by atoms with E-state index in [1.807, 2.05) is 25.1 Å². The van der Waals surface area contributed by atoms with Gasteiger partial charge in [0, 0.05) is 28.5 Å². The number of hydrogen-bond donors (Lipinski definition) is 0. The van der Waals surface area contributed by atoms with Gasteiger partial charge in [0.05, 0.1) is 9.95 Å². The summed E-state index contributed by atoms with van der Waals surface area (Å²) < 4.78 is 0.657. The zero-order valence-corrected chi connectivity index (χ0v) is 11.9. The molecule has 1 aromatic carbocycles. The Bertz CT molecular complexity index is 535. The smallest absolute Gasteiger partial charge is 0.262 e. The van der Waals surface area contributed by atoms with E-state index in [-0.39, 0.29) is 5.69 Å². The predicted octanol–water partition coefficient (Wildman–Crippen LogP) is 4.40. The number of aromatic nitrogens is 1. The van der Waals surface area contributed by atoms with Gasteiger partial charge in [-0.1, -0.05) is 17.7 Å². The van der Waals surface area contributed by atoms with Crippen molar-refractivity contribution in [2.45, 2.75) is 6.92 Å². The maximum Gasteiger partial charge on any atom is 0.270 e. The maximum absolute atomic E-state index is 10.2. The van der Waals surface area contributed by atoms with Gasteiger partial charge in [0.25, 0.3) is 5.69 Å². The van der Waals surface area contributed by atoms with Crippen LogP contribution >= 0.6 is 27.5 Å². The highest BCUT2D eigenvalue weighted by atomic mass is 79.9. The highest BCUT2D eigenvalue weighted by Gasteiger charge is 2.06. The SMILES string of the molecule is Cc1ccccn1.O=[N+]([O-])c1ccc(Br)c(Cl)c1. The molecule has 2 rings (SSSR count). The van der Waals surface area contributed by atoms with Gasteiger partial charge in [0.15, 0.2) is 0 Å². The third kappa shape index (κ3) is 4.81. The molecule has 0 aliphatic heterocycles. The summed E-state index contributed by atoms with van der Waals surface area (Å²) in [6, 6.07) is 10.1. The number of halogens is 2. The number of nitro benzene ring substituents is 1. The van der Waals surface area contributed by atoms with Crippen LogP contribution in [0.15, 0.2) is 47.1 Å². The first-order chi connectivity index (χ1) is 8.50. The molecule has 0 unspecified atom stereocenters. The molecule has 0 spiro atoms. The van der Waals surface area contributed by atoms with Crippen molar-refractivity contribution < 1.29 is 4.92 Å². The summed E-state index contributed by atoms with van der Waals surface area (Å²) in [7, 11) is 0. The van der Waals surface area contributed by atoms with Gasteiger partial charge in [-0.3, -0.25) is 15.1 Å². The molecule has 0 aliphatic carbocycles. The number of hydrogen-bond acceptors (Lipinski definition) is 3. The van der Waals surface area contributed by atoms with Crippen LogP contribution in [0.4, 0.5) is 5.69 Å². The van der Waals surface area contributed by atoms with Crippen LogP contribution in [-0.2, 0) is 0 Å². The second-order valence-electron chi connectivity index (χ2n) is 3.33. The fraction of sp³-hybridized carbons (Fsp3) is 0.0833. The first kappa shape index (κ1) is 14.6. The van der Waals surface area contributed by atoms with Crippen LogP contribution in [0.1, 0.15) is 5.69 Å². The third-order valence-electron chi connectivity index (χ3n) is 1.93. The number of aryl methyl sites for hydroxylation is 1. The molecule has 0 saturated heterocycles. The topological polar surface area (TPSA) is 56.0 Å². The molecular weight excluding hydrogens is 320 g/mol. The molecule has 4 nitrogen and oxygen atoms in total. The number of non-ortho nitro benzene ring substituents is 1. The van der Waals surface area contributed by atoms with E-state index in [1.165, 1.54) is 12.1 Å². The highest BCUT2D eigenvalue weighted by Crippen LogP contribution is 2.26. The van der Waals surface area contributed by atoms with E-state index in [1.54, 1.807) is 12.3 Å². The number of nitrogens with zero attached hydrogens (tertiary/aromatic N) is 2. The summed E-state index contributed by atoms with van der Waals surface area (Å²) in [5.74, 6) is 0. The van der Waals surface area contributed by atoms with Gasteiger partial charge in [-0.25, -0.2) is 0 Å². The highest BCUT2D eigenvalue weighted by molar-refractivity contribution is 9.10. The monoisotopic (exact) mass is 328 g/mol. The molecule has 0 fully saturated rings. The second-order valence-corrected chi connectivity index (χ2v) is 4.59. The maximum atomic E-state index is 10.2. The average molecular weight is 330 g/mol. The van der Waals surface area contributed by atoms with Crippen molar-refractivity contribution >= 4 is 33.2 Å². The standard InChI is InChI=1S/C6H3BrClNO2.C6H7N/c7-5-2-1-4(9(10)11)3-6(5)8;1-6-4-2-3-5-7-6/h1-3H;2-5H,1H3. The molecular formula is C12H10BrClN2O2. The fourth-order valence-corrected chi connectivity index (χ4v) is 1.47. The second kappa shape index (κ2) is 7.08.